The summed E-state index contributed by atoms with van der Waals surface area (Å²) in [6.45, 7) is 5.58. The van der Waals surface area contributed by atoms with Crippen LogP contribution in [0.1, 0.15) is 12.8 Å². The van der Waals surface area contributed by atoms with Gasteiger partial charge in [-0.15, -0.1) is 0 Å². The molecule has 2 aromatic heterocycles. The van der Waals surface area contributed by atoms with Crippen molar-refractivity contribution < 1.29 is 9.32 Å². The van der Waals surface area contributed by atoms with Gasteiger partial charge in [0.1, 0.15) is 0 Å². The van der Waals surface area contributed by atoms with Gasteiger partial charge in [0, 0.05) is 43.2 Å². The first kappa shape index (κ1) is 16.6. The predicted molar refractivity (Wildman–Crippen MR) is 93.4 cm³/mol. The number of rotatable bonds is 5. The monoisotopic (exact) mass is 344 g/mol. The summed E-state index contributed by atoms with van der Waals surface area (Å²) in [6.07, 6.45) is 7.14. The summed E-state index contributed by atoms with van der Waals surface area (Å²) in [7, 11) is 0. The van der Waals surface area contributed by atoms with Gasteiger partial charge in [0.05, 0.1) is 6.54 Å². The number of hydrogen-bond donors (Lipinski definition) is 0. The van der Waals surface area contributed by atoms with E-state index < -0.39 is 0 Å². The molecule has 0 bridgehead atoms. The summed E-state index contributed by atoms with van der Waals surface area (Å²) in [6, 6.07) is 1.98. The first-order valence-corrected chi connectivity index (χ1v) is 8.86. The highest BCUT2D eigenvalue weighted by molar-refractivity contribution is 7.08. The summed E-state index contributed by atoms with van der Waals surface area (Å²) < 4.78 is 5.33. The lowest BCUT2D eigenvalue weighted by Gasteiger charge is -2.33. The zero-order valence-corrected chi connectivity index (χ0v) is 14.4. The summed E-state index contributed by atoms with van der Waals surface area (Å²) in [5.74, 6) is 1.31. The van der Waals surface area contributed by atoms with E-state index in [1.807, 2.05) is 40.8 Å². The summed E-state index contributed by atoms with van der Waals surface area (Å²) in [4.78, 5) is 20.5. The number of thiophene rings is 1. The minimum atomic E-state index is 0.0604. The van der Waals surface area contributed by atoms with Crippen LogP contribution in [0.15, 0.2) is 45.7 Å². The molecule has 126 valence electrons. The SMILES string of the molecule is C/C=C/C=C/C(=O)N1CCN(Cc2nc(-c3ccsc3)no2)CC1. The van der Waals surface area contributed by atoms with Gasteiger partial charge in [-0.1, -0.05) is 23.4 Å². The van der Waals surface area contributed by atoms with Gasteiger partial charge in [-0.25, -0.2) is 0 Å². The molecule has 0 unspecified atom stereocenters. The molecule has 0 aromatic carbocycles. The number of amides is 1. The number of aromatic nitrogens is 2. The van der Waals surface area contributed by atoms with Crippen LogP contribution < -0.4 is 0 Å². The van der Waals surface area contributed by atoms with Gasteiger partial charge >= 0.3 is 0 Å². The minimum absolute atomic E-state index is 0.0604. The van der Waals surface area contributed by atoms with Crippen LogP contribution in [-0.2, 0) is 11.3 Å². The van der Waals surface area contributed by atoms with Crippen LogP contribution in [0.5, 0.6) is 0 Å². The van der Waals surface area contributed by atoms with E-state index in [4.69, 9.17) is 4.52 Å². The normalized spacial score (nSPS) is 16.5. The van der Waals surface area contributed by atoms with Crippen molar-refractivity contribution in [3.05, 3.63) is 47.0 Å². The van der Waals surface area contributed by atoms with E-state index in [0.29, 0.717) is 31.3 Å². The summed E-state index contributed by atoms with van der Waals surface area (Å²) >= 11 is 1.61. The lowest BCUT2D eigenvalue weighted by molar-refractivity contribution is -0.127. The van der Waals surface area contributed by atoms with E-state index in [0.717, 1.165) is 18.7 Å². The molecule has 1 fully saturated rings. The molecule has 7 heteroatoms. The molecule has 6 nitrogen and oxygen atoms in total. The molecule has 0 saturated carbocycles. The molecule has 0 atom stereocenters. The smallest absolute Gasteiger partial charge is 0.246 e. The first-order valence-electron chi connectivity index (χ1n) is 7.92. The molecule has 0 N–H and O–H groups in total. The second-order valence-corrected chi connectivity index (χ2v) is 6.29. The fraction of sp³-hybridized carbons (Fsp3) is 0.353. The highest BCUT2D eigenvalue weighted by Crippen LogP contribution is 2.19. The molecule has 0 aliphatic carbocycles. The number of piperazine rings is 1. The standard InChI is InChI=1S/C17H20N4O2S/c1-2-3-4-5-16(22)21-9-7-20(8-10-21)12-15-18-17(19-23-15)14-6-11-24-13-14/h2-6,11,13H,7-10,12H2,1H3/b3-2+,5-4+. The van der Waals surface area contributed by atoms with Crippen LogP contribution in [0.25, 0.3) is 11.4 Å². The van der Waals surface area contributed by atoms with Crippen LogP contribution in [0.4, 0.5) is 0 Å². The Kier molecular flexibility index (Phi) is 5.55. The molecule has 0 radical (unpaired) electrons. The largest absolute Gasteiger partial charge is 0.338 e. The van der Waals surface area contributed by atoms with E-state index in [1.165, 1.54) is 0 Å². The predicted octanol–water partition coefficient (Wildman–Crippen LogP) is 2.57. The Morgan fingerprint density at radius 1 is 1.33 bits per heavy atom. The van der Waals surface area contributed by atoms with Crippen molar-refractivity contribution in [2.24, 2.45) is 0 Å². The Morgan fingerprint density at radius 2 is 2.17 bits per heavy atom. The fourth-order valence-corrected chi connectivity index (χ4v) is 3.13. The second-order valence-electron chi connectivity index (χ2n) is 5.51. The summed E-state index contributed by atoms with van der Waals surface area (Å²) in [5, 5.41) is 8.02. The summed E-state index contributed by atoms with van der Waals surface area (Å²) in [5.41, 5.74) is 0.985. The Morgan fingerprint density at radius 3 is 2.88 bits per heavy atom. The van der Waals surface area contributed by atoms with E-state index in [-0.39, 0.29) is 5.91 Å². The van der Waals surface area contributed by atoms with E-state index in [1.54, 1.807) is 23.5 Å². The third kappa shape index (κ3) is 4.18. The molecule has 1 aliphatic rings. The third-order valence-corrected chi connectivity index (χ3v) is 4.52. The topological polar surface area (TPSA) is 62.5 Å². The number of allylic oxidation sites excluding steroid dienone is 3. The zero-order chi connectivity index (χ0) is 16.8. The molecule has 24 heavy (non-hydrogen) atoms. The van der Waals surface area contributed by atoms with Gasteiger partial charge in [-0.3, -0.25) is 9.69 Å². The quantitative estimate of drug-likeness (QED) is 0.616. The first-order chi connectivity index (χ1) is 11.8. The average molecular weight is 344 g/mol. The molecular weight excluding hydrogens is 324 g/mol. The van der Waals surface area contributed by atoms with Crippen molar-refractivity contribution >= 4 is 17.2 Å². The van der Waals surface area contributed by atoms with Gasteiger partial charge in [-0.05, 0) is 18.4 Å². The highest BCUT2D eigenvalue weighted by atomic mass is 32.1. The molecule has 1 saturated heterocycles. The van der Waals surface area contributed by atoms with Gasteiger partial charge < -0.3 is 9.42 Å². The molecule has 0 spiro atoms. The van der Waals surface area contributed by atoms with Crippen molar-refractivity contribution in [1.82, 2.24) is 19.9 Å². The Labute approximate surface area is 145 Å². The Hall–Kier alpha value is -2.25. The van der Waals surface area contributed by atoms with Crippen molar-refractivity contribution in [1.29, 1.82) is 0 Å². The number of carbonyl (C=O) groups excluding carboxylic acids is 1. The minimum Gasteiger partial charge on any atom is -0.338 e. The Bertz CT molecular complexity index is 713. The van der Waals surface area contributed by atoms with E-state index in [9.17, 15) is 4.79 Å². The molecule has 2 aromatic rings. The van der Waals surface area contributed by atoms with Gasteiger partial charge in [0.2, 0.25) is 17.6 Å². The van der Waals surface area contributed by atoms with Gasteiger partial charge in [0.15, 0.2) is 0 Å². The Balaban J connectivity index is 1.50. The number of hydrogen-bond acceptors (Lipinski definition) is 6. The molecule has 3 rings (SSSR count). The molecule has 3 heterocycles. The maximum Gasteiger partial charge on any atom is 0.246 e. The number of nitrogens with zero attached hydrogens (tertiary/aromatic N) is 4. The van der Waals surface area contributed by atoms with Crippen LogP contribution in [0, 0.1) is 0 Å². The second kappa shape index (κ2) is 8.03. The third-order valence-electron chi connectivity index (χ3n) is 3.83. The van der Waals surface area contributed by atoms with Gasteiger partial charge in [0.25, 0.3) is 0 Å². The maximum atomic E-state index is 12.0. The van der Waals surface area contributed by atoms with E-state index >= 15 is 0 Å². The van der Waals surface area contributed by atoms with Crippen molar-refractivity contribution in [2.45, 2.75) is 13.5 Å². The fourth-order valence-electron chi connectivity index (χ4n) is 2.50. The maximum absolute atomic E-state index is 12.0. The van der Waals surface area contributed by atoms with Crippen LogP contribution in [0.2, 0.25) is 0 Å². The average Bonchev–Trinajstić information content (AvgIpc) is 3.27. The van der Waals surface area contributed by atoms with E-state index in [2.05, 4.69) is 15.0 Å². The van der Waals surface area contributed by atoms with Crippen LogP contribution in [0.3, 0.4) is 0 Å². The molecular formula is C17H20N4O2S. The van der Waals surface area contributed by atoms with Crippen LogP contribution >= 0.6 is 11.3 Å². The molecule has 1 amide bonds. The number of carbonyl (C=O) groups is 1. The lowest BCUT2D eigenvalue weighted by atomic mass is 10.3. The van der Waals surface area contributed by atoms with Crippen LogP contribution in [-0.4, -0.2) is 52.0 Å². The van der Waals surface area contributed by atoms with Crippen molar-refractivity contribution in [3.63, 3.8) is 0 Å². The van der Waals surface area contributed by atoms with Gasteiger partial charge in [-0.2, -0.15) is 16.3 Å². The highest BCUT2D eigenvalue weighted by Gasteiger charge is 2.21. The molecule has 1 aliphatic heterocycles. The van der Waals surface area contributed by atoms with Crippen molar-refractivity contribution in [2.75, 3.05) is 26.2 Å². The zero-order valence-electron chi connectivity index (χ0n) is 13.6. The van der Waals surface area contributed by atoms with Crippen molar-refractivity contribution in [3.8, 4) is 11.4 Å². The lowest BCUT2D eigenvalue weighted by Crippen LogP contribution is -2.47.